The van der Waals surface area contributed by atoms with E-state index in [0.717, 1.165) is 0 Å². The number of hydrogen-bond donors (Lipinski definition) is 2. The van der Waals surface area contributed by atoms with E-state index in [1.807, 2.05) is 0 Å². The van der Waals surface area contributed by atoms with Crippen molar-refractivity contribution >= 4 is 11.7 Å². The van der Waals surface area contributed by atoms with Crippen molar-refractivity contribution in [2.24, 2.45) is 7.05 Å². The van der Waals surface area contributed by atoms with Crippen LogP contribution in [0.4, 0.5) is 5.82 Å². The predicted molar refractivity (Wildman–Crippen MR) is 69.4 cm³/mol. The van der Waals surface area contributed by atoms with Crippen LogP contribution in [-0.2, 0) is 7.05 Å². The highest BCUT2D eigenvalue weighted by Gasteiger charge is 2.08. The monoisotopic (exact) mass is 256 g/mol. The molecule has 0 saturated heterocycles. The maximum absolute atomic E-state index is 11.9. The smallest absolute Gasteiger partial charge is 0.260 e. The summed E-state index contributed by atoms with van der Waals surface area (Å²) in [4.78, 5) is 15.9. The lowest BCUT2D eigenvalue weighted by atomic mass is 10.2. The predicted octanol–water partition coefficient (Wildman–Crippen LogP) is 0.411. The zero-order chi connectivity index (χ0) is 13.7. The summed E-state index contributed by atoms with van der Waals surface area (Å²) in [6, 6.07) is 3.33. The van der Waals surface area contributed by atoms with Crippen molar-refractivity contribution in [3.63, 3.8) is 0 Å². The number of carbonyl (C=O) groups is 1. The Labute approximate surface area is 110 Å². The molecule has 6 heteroatoms. The number of hydrogen-bond acceptors (Lipinski definition) is 4. The maximum Gasteiger partial charge on any atom is 0.260 e. The topological polar surface area (TPSA) is 80.0 Å². The van der Waals surface area contributed by atoms with Gasteiger partial charge in [-0.15, -0.1) is 0 Å². The first-order chi connectivity index (χ1) is 9.19. The van der Waals surface area contributed by atoms with Gasteiger partial charge >= 0.3 is 0 Å². The number of aryl methyl sites for hydroxylation is 1. The van der Waals surface area contributed by atoms with Gasteiger partial charge in [0.2, 0.25) is 0 Å². The number of rotatable bonds is 2. The van der Waals surface area contributed by atoms with Crippen molar-refractivity contribution in [2.75, 3.05) is 11.9 Å². The molecular formula is C13H12N4O2. The summed E-state index contributed by atoms with van der Waals surface area (Å²) in [6.45, 7) is -0.209. The molecular weight excluding hydrogens is 244 g/mol. The zero-order valence-electron chi connectivity index (χ0n) is 10.3. The van der Waals surface area contributed by atoms with E-state index in [0.29, 0.717) is 16.9 Å². The summed E-state index contributed by atoms with van der Waals surface area (Å²) in [5.74, 6) is 5.39. The molecule has 0 unspecified atom stereocenters. The van der Waals surface area contributed by atoms with Crippen molar-refractivity contribution < 1.29 is 9.90 Å². The summed E-state index contributed by atoms with van der Waals surface area (Å²) in [7, 11) is 1.74. The van der Waals surface area contributed by atoms with Crippen LogP contribution in [0.3, 0.4) is 0 Å². The number of nitrogens with one attached hydrogen (secondary N) is 1. The first-order valence-corrected chi connectivity index (χ1v) is 5.55. The van der Waals surface area contributed by atoms with Crippen molar-refractivity contribution in [1.82, 2.24) is 14.8 Å². The van der Waals surface area contributed by atoms with Crippen LogP contribution in [0.25, 0.3) is 0 Å². The molecule has 0 spiro atoms. The molecule has 6 nitrogen and oxygen atoms in total. The van der Waals surface area contributed by atoms with Crippen LogP contribution in [0, 0.1) is 11.8 Å². The van der Waals surface area contributed by atoms with E-state index in [2.05, 4.69) is 27.2 Å². The normalized spacial score (nSPS) is 9.58. The van der Waals surface area contributed by atoms with Crippen molar-refractivity contribution in [2.45, 2.75) is 0 Å². The van der Waals surface area contributed by atoms with E-state index in [9.17, 15) is 4.79 Å². The molecule has 0 aliphatic heterocycles. The van der Waals surface area contributed by atoms with E-state index in [4.69, 9.17) is 5.11 Å². The third kappa shape index (κ3) is 3.40. The molecule has 0 radical (unpaired) electrons. The molecule has 1 amide bonds. The van der Waals surface area contributed by atoms with Crippen molar-refractivity contribution in [1.29, 1.82) is 0 Å². The first kappa shape index (κ1) is 12.8. The van der Waals surface area contributed by atoms with E-state index in [1.165, 1.54) is 6.20 Å². The largest absolute Gasteiger partial charge is 0.384 e. The van der Waals surface area contributed by atoms with Gasteiger partial charge in [0.25, 0.3) is 5.91 Å². The number of pyridine rings is 1. The van der Waals surface area contributed by atoms with Crippen LogP contribution in [0.2, 0.25) is 0 Å². The van der Waals surface area contributed by atoms with Gasteiger partial charge in [0.05, 0.1) is 11.8 Å². The highest BCUT2D eigenvalue weighted by Crippen LogP contribution is 2.08. The quantitative estimate of drug-likeness (QED) is 0.763. The second kappa shape index (κ2) is 5.80. The van der Waals surface area contributed by atoms with Gasteiger partial charge in [-0.05, 0) is 12.1 Å². The van der Waals surface area contributed by atoms with Gasteiger partial charge in [0, 0.05) is 25.0 Å². The Kier molecular flexibility index (Phi) is 3.90. The summed E-state index contributed by atoms with van der Waals surface area (Å²) in [5, 5.41) is 15.2. The van der Waals surface area contributed by atoms with Crippen LogP contribution in [0.5, 0.6) is 0 Å². The number of aliphatic hydroxyl groups excluding tert-OH is 1. The van der Waals surface area contributed by atoms with Gasteiger partial charge in [-0.2, -0.15) is 5.10 Å². The fourth-order valence-corrected chi connectivity index (χ4v) is 1.45. The number of nitrogens with zero attached hydrogens (tertiary/aromatic N) is 3. The Morgan fingerprint density at radius 3 is 3.11 bits per heavy atom. The lowest BCUT2D eigenvalue weighted by Gasteiger charge is -2.02. The zero-order valence-corrected chi connectivity index (χ0v) is 10.3. The summed E-state index contributed by atoms with van der Waals surface area (Å²) in [6.07, 6.45) is 4.63. The molecule has 2 aromatic rings. The molecule has 0 aliphatic rings. The molecule has 0 bridgehead atoms. The average Bonchev–Trinajstić information content (AvgIpc) is 2.83. The van der Waals surface area contributed by atoms with Gasteiger partial charge in [0.15, 0.2) is 0 Å². The maximum atomic E-state index is 11.9. The van der Waals surface area contributed by atoms with E-state index < -0.39 is 0 Å². The van der Waals surface area contributed by atoms with Crippen LogP contribution in [0.15, 0.2) is 30.7 Å². The number of aromatic nitrogens is 3. The molecule has 2 rings (SSSR count). The van der Waals surface area contributed by atoms with E-state index in [1.54, 1.807) is 36.3 Å². The molecule has 0 fully saturated rings. The average molecular weight is 256 g/mol. The lowest BCUT2D eigenvalue weighted by Crippen LogP contribution is -2.12. The van der Waals surface area contributed by atoms with Gasteiger partial charge < -0.3 is 10.4 Å². The fraction of sp³-hybridized carbons (Fsp3) is 0.154. The second-order valence-electron chi connectivity index (χ2n) is 3.75. The summed E-state index contributed by atoms with van der Waals surface area (Å²) >= 11 is 0. The number of amides is 1. The Morgan fingerprint density at radius 2 is 2.42 bits per heavy atom. The highest BCUT2D eigenvalue weighted by atomic mass is 16.2. The van der Waals surface area contributed by atoms with Crippen LogP contribution in [-0.4, -0.2) is 32.4 Å². The van der Waals surface area contributed by atoms with Crippen molar-refractivity contribution in [3.8, 4) is 11.8 Å². The Hall–Kier alpha value is -2.65. The molecule has 0 aliphatic carbocycles. The SMILES string of the molecule is Cn1cc(C(=O)Nc2cc(C#CCO)ccn2)cn1. The minimum Gasteiger partial charge on any atom is -0.384 e. The van der Waals surface area contributed by atoms with E-state index in [-0.39, 0.29) is 12.5 Å². The lowest BCUT2D eigenvalue weighted by molar-refractivity contribution is 0.102. The molecule has 0 atom stereocenters. The fourth-order valence-electron chi connectivity index (χ4n) is 1.45. The molecule has 2 heterocycles. The second-order valence-corrected chi connectivity index (χ2v) is 3.75. The number of anilines is 1. The van der Waals surface area contributed by atoms with Gasteiger partial charge in [0.1, 0.15) is 12.4 Å². The molecule has 96 valence electrons. The molecule has 2 aromatic heterocycles. The first-order valence-electron chi connectivity index (χ1n) is 5.55. The Morgan fingerprint density at radius 1 is 1.58 bits per heavy atom. The number of aliphatic hydroxyl groups is 1. The van der Waals surface area contributed by atoms with Crippen LogP contribution >= 0.6 is 0 Å². The highest BCUT2D eigenvalue weighted by molar-refractivity contribution is 6.03. The van der Waals surface area contributed by atoms with Gasteiger partial charge in [-0.25, -0.2) is 4.98 Å². The van der Waals surface area contributed by atoms with Crippen LogP contribution < -0.4 is 5.32 Å². The molecule has 2 N–H and O–H groups in total. The number of carbonyl (C=O) groups excluding carboxylic acids is 1. The molecule has 0 aromatic carbocycles. The standard InChI is InChI=1S/C13H12N4O2/c1-17-9-11(8-15-17)13(19)16-12-7-10(3-2-6-18)4-5-14-12/h4-5,7-9,18H,6H2,1H3,(H,14,16,19). The van der Waals surface area contributed by atoms with E-state index >= 15 is 0 Å². The van der Waals surface area contributed by atoms with Crippen molar-refractivity contribution in [3.05, 3.63) is 41.9 Å². The minimum atomic E-state index is -0.284. The minimum absolute atomic E-state index is 0.209. The Balaban J connectivity index is 2.13. The summed E-state index contributed by atoms with van der Waals surface area (Å²) in [5.41, 5.74) is 1.13. The van der Waals surface area contributed by atoms with Gasteiger partial charge in [-0.3, -0.25) is 9.48 Å². The third-order valence-electron chi connectivity index (χ3n) is 2.28. The third-order valence-corrected chi connectivity index (χ3v) is 2.28. The Bertz CT molecular complexity index is 652. The van der Waals surface area contributed by atoms with Gasteiger partial charge in [-0.1, -0.05) is 11.8 Å². The van der Waals surface area contributed by atoms with Crippen LogP contribution in [0.1, 0.15) is 15.9 Å². The molecule has 0 saturated carbocycles. The summed E-state index contributed by atoms with van der Waals surface area (Å²) < 4.78 is 1.55. The molecule has 19 heavy (non-hydrogen) atoms.